The Morgan fingerprint density at radius 1 is 1.13 bits per heavy atom. The molecule has 5 atom stereocenters. The summed E-state index contributed by atoms with van der Waals surface area (Å²) in [4.78, 5) is 26.8. The van der Waals surface area contributed by atoms with Crippen LogP contribution in [0, 0.1) is 23.7 Å². The maximum Gasteiger partial charge on any atom is 0.222 e. The van der Waals surface area contributed by atoms with Crippen molar-refractivity contribution in [3.63, 3.8) is 0 Å². The Kier molecular flexibility index (Phi) is 4.24. The lowest BCUT2D eigenvalue weighted by Gasteiger charge is -2.37. The van der Waals surface area contributed by atoms with Crippen LogP contribution >= 0.6 is 0 Å². The normalized spacial score (nSPS) is 32.8. The van der Waals surface area contributed by atoms with E-state index in [4.69, 9.17) is 4.98 Å². The Morgan fingerprint density at radius 2 is 1.93 bits per heavy atom. The fraction of sp³-hybridized carbons (Fsp3) is 0.560. The van der Waals surface area contributed by atoms with Gasteiger partial charge in [-0.05, 0) is 48.8 Å². The third kappa shape index (κ3) is 3.15. The molecule has 1 amide bonds. The molecule has 0 radical (unpaired) electrons. The molecule has 4 heterocycles. The van der Waals surface area contributed by atoms with E-state index in [0.29, 0.717) is 23.7 Å². The quantitative estimate of drug-likeness (QED) is 0.789. The molecule has 4 aliphatic rings. The molecule has 0 spiro atoms. The lowest BCUT2D eigenvalue weighted by molar-refractivity contribution is -0.133. The minimum Gasteiger partial charge on any atom is -0.342 e. The number of aliphatic imine (C=N–C) groups is 1. The van der Waals surface area contributed by atoms with E-state index in [1.54, 1.807) is 0 Å². The summed E-state index contributed by atoms with van der Waals surface area (Å²) in [6.45, 7) is 7.24. The molecular weight excluding hydrogens is 372 g/mol. The van der Waals surface area contributed by atoms with Crippen molar-refractivity contribution in [2.24, 2.45) is 28.7 Å². The van der Waals surface area contributed by atoms with Gasteiger partial charge < -0.3 is 9.80 Å². The molecule has 1 aliphatic carbocycles. The van der Waals surface area contributed by atoms with Crippen LogP contribution in [0.2, 0.25) is 0 Å². The van der Waals surface area contributed by atoms with E-state index in [1.807, 2.05) is 12.3 Å². The molecule has 1 aromatic carbocycles. The zero-order valence-corrected chi connectivity index (χ0v) is 17.9. The van der Waals surface area contributed by atoms with Crippen molar-refractivity contribution in [3.05, 3.63) is 41.6 Å². The number of piperidine rings is 2. The van der Waals surface area contributed by atoms with Gasteiger partial charge in [-0.25, -0.2) is 0 Å². The molecule has 2 aromatic rings. The zero-order valence-electron chi connectivity index (χ0n) is 17.9. The molecule has 1 saturated carbocycles. The number of aromatic nitrogens is 1. The molecule has 156 valence electrons. The van der Waals surface area contributed by atoms with Gasteiger partial charge in [-0.15, -0.1) is 0 Å². The van der Waals surface area contributed by atoms with E-state index < -0.39 is 0 Å². The number of benzene rings is 1. The van der Waals surface area contributed by atoms with Crippen LogP contribution in [-0.4, -0.2) is 66.2 Å². The van der Waals surface area contributed by atoms with E-state index in [9.17, 15) is 4.79 Å². The first-order valence-electron chi connectivity index (χ1n) is 11.5. The Hall–Kier alpha value is -2.27. The highest BCUT2D eigenvalue weighted by Crippen LogP contribution is 2.53. The second-order valence-electron chi connectivity index (χ2n) is 10.1. The number of carbonyl (C=O) groups excluding carboxylic acids is 1. The topological polar surface area (TPSA) is 48.8 Å². The molecular formula is C25H30N4O. The van der Waals surface area contributed by atoms with Crippen LogP contribution in [0.15, 0.2) is 35.5 Å². The molecule has 30 heavy (non-hydrogen) atoms. The van der Waals surface area contributed by atoms with Gasteiger partial charge in [0.25, 0.3) is 0 Å². The molecule has 1 aromatic heterocycles. The average Bonchev–Trinajstić information content (AvgIpc) is 3.65. The number of pyridine rings is 1. The van der Waals surface area contributed by atoms with Gasteiger partial charge in [0, 0.05) is 55.7 Å². The number of fused-ring (bicyclic) bond motifs is 2. The fourth-order valence-corrected chi connectivity index (χ4v) is 6.27. The summed E-state index contributed by atoms with van der Waals surface area (Å²) in [6, 6.07) is 8.69. The monoisotopic (exact) mass is 402 g/mol. The maximum atomic E-state index is 13.2. The zero-order chi connectivity index (χ0) is 20.4. The highest BCUT2D eigenvalue weighted by molar-refractivity contribution is 6.17. The summed E-state index contributed by atoms with van der Waals surface area (Å²) in [6.07, 6.45) is 3.76. The largest absolute Gasteiger partial charge is 0.342 e. The Bertz CT molecular complexity index is 1030. The van der Waals surface area contributed by atoms with Crippen LogP contribution in [0.5, 0.6) is 0 Å². The number of rotatable bonds is 4. The predicted molar refractivity (Wildman–Crippen MR) is 119 cm³/mol. The van der Waals surface area contributed by atoms with Crippen molar-refractivity contribution in [1.29, 1.82) is 0 Å². The number of hydrogen-bond donors (Lipinski definition) is 0. The van der Waals surface area contributed by atoms with E-state index in [2.05, 4.69) is 47.0 Å². The average molecular weight is 403 g/mol. The van der Waals surface area contributed by atoms with Crippen molar-refractivity contribution < 1.29 is 4.79 Å². The van der Waals surface area contributed by atoms with Gasteiger partial charge in [-0.3, -0.25) is 14.8 Å². The van der Waals surface area contributed by atoms with Crippen LogP contribution in [-0.2, 0) is 4.79 Å². The van der Waals surface area contributed by atoms with Gasteiger partial charge in [-0.2, -0.15) is 0 Å². The van der Waals surface area contributed by atoms with Crippen LogP contribution in [0.3, 0.4) is 0 Å². The number of hydrogen-bond acceptors (Lipinski definition) is 4. The first-order valence-corrected chi connectivity index (χ1v) is 11.5. The Balaban J connectivity index is 1.23. The van der Waals surface area contributed by atoms with E-state index in [0.717, 1.165) is 49.8 Å². The van der Waals surface area contributed by atoms with Crippen molar-refractivity contribution in [1.82, 2.24) is 14.8 Å². The molecule has 3 aliphatic heterocycles. The van der Waals surface area contributed by atoms with E-state index in [1.165, 1.54) is 35.3 Å². The standard InChI is InChI=1S/C25H30N4O/c1-15-8-16(12-29(11-15)24(30)9-20-21-13-28(2)14-22(20)21)17-5-6-19(23-10-27-23)25-18(17)4-3-7-26-25/h3-7,15-16,20-22H,8-14H2,1-2H3/t15-,16-,20?,21-,22+/m1/s1. The smallest absolute Gasteiger partial charge is 0.222 e. The van der Waals surface area contributed by atoms with Gasteiger partial charge in [0.15, 0.2) is 0 Å². The minimum absolute atomic E-state index is 0.375. The lowest BCUT2D eigenvalue weighted by atomic mass is 9.83. The third-order valence-corrected chi connectivity index (χ3v) is 7.85. The highest BCUT2D eigenvalue weighted by Gasteiger charge is 2.55. The summed E-state index contributed by atoms with van der Waals surface area (Å²) in [5.74, 6) is 3.45. The van der Waals surface area contributed by atoms with Crippen molar-refractivity contribution in [2.45, 2.75) is 25.7 Å². The van der Waals surface area contributed by atoms with Crippen LogP contribution in [0.25, 0.3) is 10.9 Å². The fourth-order valence-electron chi connectivity index (χ4n) is 6.27. The van der Waals surface area contributed by atoms with Crippen molar-refractivity contribution in [3.8, 4) is 0 Å². The van der Waals surface area contributed by atoms with Crippen LogP contribution in [0.4, 0.5) is 0 Å². The third-order valence-electron chi connectivity index (χ3n) is 7.85. The van der Waals surface area contributed by atoms with E-state index in [-0.39, 0.29) is 0 Å². The summed E-state index contributed by atoms with van der Waals surface area (Å²) in [5.41, 5.74) is 4.76. The van der Waals surface area contributed by atoms with Gasteiger partial charge >= 0.3 is 0 Å². The van der Waals surface area contributed by atoms with Gasteiger partial charge in [0.05, 0.1) is 17.8 Å². The summed E-state index contributed by atoms with van der Waals surface area (Å²) < 4.78 is 0. The molecule has 5 heteroatoms. The van der Waals surface area contributed by atoms with Crippen molar-refractivity contribution in [2.75, 3.05) is 39.8 Å². The Morgan fingerprint density at radius 3 is 2.70 bits per heavy atom. The summed E-state index contributed by atoms with van der Waals surface area (Å²) in [5, 5.41) is 1.23. The molecule has 1 unspecified atom stereocenters. The van der Waals surface area contributed by atoms with Gasteiger partial charge in [-0.1, -0.05) is 25.1 Å². The Labute approximate surface area is 178 Å². The SMILES string of the molecule is C[C@@H]1C[C@@H](c2ccc(C3=NC3)c3ncccc23)CN(C(=O)CC2[C@H]3CN(C)C[C@@H]23)C1. The molecule has 2 saturated heterocycles. The number of likely N-dealkylation sites (tertiary alicyclic amines) is 2. The molecule has 0 bridgehead atoms. The van der Waals surface area contributed by atoms with Crippen molar-refractivity contribution >= 4 is 22.5 Å². The minimum atomic E-state index is 0.375. The van der Waals surface area contributed by atoms with Gasteiger partial charge in [0.2, 0.25) is 5.91 Å². The van der Waals surface area contributed by atoms with Crippen LogP contribution in [0.1, 0.15) is 36.8 Å². The number of nitrogens with zero attached hydrogens (tertiary/aromatic N) is 4. The lowest BCUT2D eigenvalue weighted by Crippen LogP contribution is -2.43. The molecule has 0 N–H and O–H groups in total. The highest BCUT2D eigenvalue weighted by atomic mass is 16.2. The maximum absolute atomic E-state index is 13.2. The van der Waals surface area contributed by atoms with E-state index >= 15 is 0 Å². The number of amides is 1. The summed E-state index contributed by atoms with van der Waals surface area (Å²) >= 11 is 0. The first kappa shape index (κ1) is 18.5. The van der Waals surface area contributed by atoms with Crippen LogP contribution < -0.4 is 0 Å². The second kappa shape index (κ2) is 6.88. The molecule has 5 nitrogen and oxygen atoms in total. The number of carbonyl (C=O) groups is 1. The second-order valence-corrected chi connectivity index (χ2v) is 10.1. The predicted octanol–water partition coefficient (Wildman–Crippen LogP) is 3.19. The molecule has 3 fully saturated rings. The first-order chi connectivity index (χ1) is 14.6. The molecule has 6 rings (SSSR count). The van der Waals surface area contributed by atoms with Gasteiger partial charge in [0.1, 0.15) is 0 Å². The summed E-state index contributed by atoms with van der Waals surface area (Å²) in [7, 11) is 2.20.